The average Bonchev–Trinajstić information content (AvgIpc) is 2.48. The maximum absolute atomic E-state index is 13.1. The highest BCUT2D eigenvalue weighted by atomic mass is 35.5. The first kappa shape index (κ1) is 16.0. The molecular weight excluding hydrogens is 291 g/mol. The van der Waals surface area contributed by atoms with Gasteiger partial charge in [0, 0.05) is 18.1 Å². The van der Waals surface area contributed by atoms with Crippen LogP contribution >= 0.6 is 11.6 Å². The van der Waals surface area contributed by atoms with Crippen molar-refractivity contribution in [2.45, 2.75) is 25.6 Å². The van der Waals surface area contributed by atoms with Gasteiger partial charge in [0.1, 0.15) is 11.9 Å². The molecule has 0 bridgehead atoms. The van der Waals surface area contributed by atoms with Crippen LogP contribution in [0.3, 0.4) is 0 Å². The summed E-state index contributed by atoms with van der Waals surface area (Å²) in [6.07, 6.45) is -0.883. The maximum Gasteiger partial charge on any atom is 0.124 e. The molecule has 2 unspecified atom stereocenters. The first-order valence-corrected chi connectivity index (χ1v) is 7.28. The van der Waals surface area contributed by atoms with E-state index in [4.69, 9.17) is 16.3 Å². The van der Waals surface area contributed by atoms with Gasteiger partial charge in [-0.2, -0.15) is 0 Å². The predicted molar refractivity (Wildman–Crippen MR) is 81.9 cm³/mol. The summed E-state index contributed by atoms with van der Waals surface area (Å²) >= 11 is 6.01. The number of benzene rings is 2. The molecule has 21 heavy (non-hydrogen) atoms. The summed E-state index contributed by atoms with van der Waals surface area (Å²) in [6.45, 7) is 2.38. The maximum atomic E-state index is 13.1. The van der Waals surface area contributed by atoms with E-state index in [9.17, 15) is 9.50 Å². The van der Waals surface area contributed by atoms with E-state index in [0.717, 1.165) is 5.56 Å². The molecule has 2 aromatic rings. The Kier molecular flexibility index (Phi) is 5.74. The Bertz CT molecular complexity index is 574. The molecule has 2 atom stereocenters. The summed E-state index contributed by atoms with van der Waals surface area (Å²) in [7, 11) is 0. The Morgan fingerprint density at radius 2 is 1.90 bits per heavy atom. The summed E-state index contributed by atoms with van der Waals surface area (Å²) in [4.78, 5) is 0. The lowest BCUT2D eigenvalue weighted by atomic mass is 9.98. The number of halogens is 2. The average molecular weight is 309 g/mol. The smallest absolute Gasteiger partial charge is 0.124 e. The molecule has 2 nitrogen and oxygen atoms in total. The molecule has 4 heteroatoms. The van der Waals surface area contributed by atoms with Crippen molar-refractivity contribution in [1.82, 2.24) is 0 Å². The molecule has 0 aromatic heterocycles. The topological polar surface area (TPSA) is 29.5 Å². The third kappa shape index (κ3) is 4.27. The summed E-state index contributed by atoms with van der Waals surface area (Å²) in [5.74, 6) is -0.386. The summed E-state index contributed by atoms with van der Waals surface area (Å²) in [5, 5.41) is 10.8. The van der Waals surface area contributed by atoms with E-state index in [1.54, 1.807) is 6.07 Å². The fourth-order valence-electron chi connectivity index (χ4n) is 2.27. The fraction of sp³-hybridized carbons (Fsp3) is 0.294. The zero-order chi connectivity index (χ0) is 15.2. The second kappa shape index (κ2) is 7.55. The Morgan fingerprint density at radius 3 is 2.52 bits per heavy atom. The van der Waals surface area contributed by atoms with Crippen molar-refractivity contribution >= 4 is 11.6 Å². The van der Waals surface area contributed by atoms with Crippen molar-refractivity contribution in [3.05, 3.63) is 70.5 Å². The van der Waals surface area contributed by atoms with Crippen LogP contribution in [-0.2, 0) is 11.2 Å². The molecule has 0 amide bonds. The van der Waals surface area contributed by atoms with E-state index >= 15 is 0 Å². The van der Waals surface area contributed by atoms with Gasteiger partial charge < -0.3 is 9.84 Å². The van der Waals surface area contributed by atoms with Gasteiger partial charge in [-0.1, -0.05) is 48.0 Å². The van der Waals surface area contributed by atoms with Gasteiger partial charge >= 0.3 is 0 Å². The SMILES string of the molecule is CCOC(c1ccccc1)C(O)Cc1ccc(F)cc1Cl. The summed E-state index contributed by atoms with van der Waals surface area (Å²) in [5.41, 5.74) is 1.61. The number of aliphatic hydroxyl groups excluding tert-OH is 1. The van der Waals surface area contributed by atoms with Crippen LogP contribution in [0.15, 0.2) is 48.5 Å². The van der Waals surface area contributed by atoms with Crippen LogP contribution in [0.4, 0.5) is 4.39 Å². The third-order valence-corrected chi connectivity index (χ3v) is 3.62. The molecule has 0 aliphatic rings. The molecular formula is C17H18ClFO2. The fourth-order valence-corrected chi connectivity index (χ4v) is 2.52. The predicted octanol–water partition coefficient (Wildman–Crippen LogP) is 4.16. The first-order chi connectivity index (χ1) is 10.1. The van der Waals surface area contributed by atoms with Gasteiger partial charge in [-0.3, -0.25) is 0 Å². The molecule has 1 N–H and O–H groups in total. The van der Waals surface area contributed by atoms with Crippen molar-refractivity contribution in [3.8, 4) is 0 Å². The molecule has 0 heterocycles. The number of hydrogen-bond donors (Lipinski definition) is 1. The van der Waals surface area contributed by atoms with E-state index in [1.165, 1.54) is 12.1 Å². The minimum atomic E-state index is -0.754. The molecule has 0 saturated carbocycles. The van der Waals surface area contributed by atoms with Gasteiger partial charge in [-0.15, -0.1) is 0 Å². The third-order valence-electron chi connectivity index (χ3n) is 3.27. The lowest BCUT2D eigenvalue weighted by Gasteiger charge is -2.23. The highest BCUT2D eigenvalue weighted by Crippen LogP contribution is 2.26. The Balaban J connectivity index is 2.17. The van der Waals surface area contributed by atoms with Gasteiger partial charge in [0.15, 0.2) is 0 Å². The molecule has 0 saturated heterocycles. The van der Waals surface area contributed by atoms with Crippen LogP contribution in [-0.4, -0.2) is 17.8 Å². The number of ether oxygens (including phenoxy) is 1. The molecule has 2 aromatic carbocycles. The Hall–Kier alpha value is -1.42. The van der Waals surface area contributed by atoms with Crippen LogP contribution in [0.1, 0.15) is 24.2 Å². The summed E-state index contributed by atoms with van der Waals surface area (Å²) in [6, 6.07) is 13.7. The minimum absolute atomic E-state index is 0.304. The summed E-state index contributed by atoms with van der Waals surface area (Å²) < 4.78 is 18.7. The van der Waals surface area contributed by atoms with E-state index in [2.05, 4.69) is 0 Å². The lowest BCUT2D eigenvalue weighted by molar-refractivity contribution is -0.0339. The van der Waals surface area contributed by atoms with Crippen LogP contribution < -0.4 is 0 Å². The normalized spacial score (nSPS) is 13.9. The molecule has 0 aliphatic heterocycles. The highest BCUT2D eigenvalue weighted by molar-refractivity contribution is 6.31. The van der Waals surface area contributed by atoms with Crippen molar-refractivity contribution < 1.29 is 14.2 Å². The Labute approximate surface area is 129 Å². The zero-order valence-electron chi connectivity index (χ0n) is 11.8. The quantitative estimate of drug-likeness (QED) is 0.868. The van der Waals surface area contributed by atoms with Crippen LogP contribution in [0.25, 0.3) is 0 Å². The van der Waals surface area contributed by atoms with E-state index < -0.39 is 12.2 Å². The van der Waals surface area contributed by atoms with E-state index in [0.29, 0.717) is 23.6 Å². The van der Waals surface area contributed by atoms with E-state index in [-0.39, 0.29) is 5.82 Å². The largest absolute Gasteiger partial charge is 0.390 e. The molecule has 0 radical (unpaired) electrons. The van der Waals surface area contributed by atoms with Gasteiger partial charge in [-0.25, -0.2) is 4.39 Å². The van der Waals surface area contributed by atoms with Crippen molar-refractivity contribution in [3.63, 3.8) is 0 Å². The monoisotopic (exact) mass is 308 g/mol. The van der Waals surface area contributed by atoms with Gasteiger partial charge in [0.05, 0.1) is 6.10 Å². The molecule has 112 valence electrons. The number of aliphatic hydroxyl groups is 1. The van der Waals surface area contributed by atoms with Gasteiger partial charge in [0.2, 0.25) is 0 Å². The zero-order valence-corrected chi connectivity index (χ0v) is 12.6. The minimum Gasteiger partial charge on any atom is -0.390 e. The lowest BCUT2D eigenvalue weighted by Crippen LogP contribution is -2.24. The van der Waals surface area contributed by atoms with Gasteiger partial charge in [0.25, 0.3) is 0 Å². The molecule has 2 rings (SSSR count). The number of rotatable bonds is 6. The van der Waals surface area contributed by atoms with Crippen molar-refractivity contribution in [1.29, 1.82) is 0 Å². The second-order valence-electron chi connectivity index (χ2n) is 4.79. The van der Waals surface area contributed by atoms with Crippen LogP contribution in [0.2, 0.25) is 5.02 Å². The van der Waals surface area contributed by atoms with Crippen LogP contribution in [0.5, 0.6) is 0 Å². The Morgan fingerprint density at radius 1 is 1.19 bits per heavy atom. The number of hydrogen-bond acceptors (Lipinski definition) is 2. The molecule has 0 fully saturated rings. The van der Waals surface area contributed by atoms with Crippen molar-refractivity contribution in [2.75, 3.05) is 6.61 Å². The first-order valence-electron chi connectivity index (χ1n) is 6.90. The van der Waals surface area contributed by atoms with Crippen LogP contribution in [0, 0.1) is 5.82 Å². The standard InChI is InChI=1S/C17H18ClFO2/c1-2-21-17(12-6-4-3-5-7-12)16(20)10-13-8-9-14(19)11-15(13)18/h3-9,11,16-17,20H,2,10H2,1H3. The van der Waals surface area contributed by atoms with Gasteiger partial charge in [-0.05, 0) is 30.2 Å². The second-order valence-corrected chi connectivity index (χ2v) is 5.20. The van der Waals surface area contributed by atoms with E-state index in [1.807, 2.05) is 37.3 Å². The molecule has 0 spiro atoms. The molecule has 0 aliphatic carbocycles. The highest BCUT2D eigenvalue weighted by Gasteiger charge is 2.22. The van der Waals surface area contributed by atoms with Crippen molar-refractivity contribution in [2.24, 2.45) is 0 Å².